The Hall–Kier alpha value is -2.00. The van der Waals surface area contributed by atoms with Crippen LogP contribution in [0, 0.1) is 6.92 Å². The molecule has 0 unspecified atom stereocenters. The lowest BCUT2D eigenvalue weighted by Gasteiger charge is -2.05. The molecule has 0 radical (unpaired) electrons. The summed E-state index contributed by atoms with van der Waals surface area (Å²) in [7, 11) is 0. The first-order chi connectivity index (χ1) is 9.24. The van der Waals surface area contributed by atoms with Crippen LogP contribution in [0.5, 0.6) is 0 Å². The molecule has 3 heteroatoms. The predicted octanol–water partition coefficient (Wildman–Crippen LogP) is 4.03. The molecule has 19 heavy (non-hydrogen) atoms. The van der Waals surface area contributed by atoms with Crippen molar-refractivity contribution in [2.24, 2.45) is 0 Å². The fourth-order valence-corrected chi connectivity index (χ4v) is 2.81. The highest BCUT2D eigenvalue weighted by molar-refractivity contribution is 7.12. The van der Waals surface area contributed by atoms with Crippen molar-refractivity contribution in [3.8, 4) is 0 Å². The van der Waals surface area contributed by atoms with E-state index in [0.717, 1.165) is 27.0 Å². The zero-order valence-electron chi connectivity index (χ0n) is 10.6. The third kappa shape index (κ3) is 2.42. The van der Waals surface area contributed by atoms with Gasteiger partial charge >= 0.3 is 0 Å². The number of aryl methyl sites for hydroxylation is 1. The van der Waals surface area contributed by atoms with Gasteiger partial charge in [-0.05, 0) is 30.0 Å². The largest absolute Gasteiger partial charge is 0.293 e. The fourth-order valence-electron chi connectivity index (χ4n) is 2.15. The van der Waals surface area contributed by atoms with Crippen molar-refractivity contribution in [3.05, 3.63) is 64.0 Å². The van der Waals surface area contributed by atoms with Crippen LogP contribution in [0.1, 0.15) is 20.9 Å². The van der Waals surface area contributed by atoms with E-state index in [1.54, 1.807) is 0 Å². The third-order valence-electron chi connectivity index (χ3n) is 3.09. The minimum Gasteiger partial charge on any atom is -0.293 e. The van der Waals surface area contributed by atoms with Gasteiger partial charge in [0.05, 0.1) is 10.4 Å². The van der Waals surface area contributed by atoms with Crippen LogP contribution in [-0.4, -0.2) is 10.8 Å². The highest BCUT2D eigenvalue weighted by Gasteiger charge is 2.11. The van der Waals surface area contributed by atoms with E-state index in [2.05, 4.69) is 11.1 Å². The number of carbonyl (C=O) groups excluding carboxylic acids is 1. The van der Waals surface area contributed by atoms with Crippen LogP contribution in [0.3, 0.4) is 0 Å². The first-order valence-electron chi connectivity index (χ1n) is 6.16. The Morgan fingerprint density at radius 3 is 2.84 bits per heavy atom. The normalized spacial score (nSPS) is 10.8. The Labute approximate surface area is 115 Å². The van der Waals surface area contributed by atoms with Crippen LogP contribution >= 0.6 is 11.3 Å². The number of hydrogen-bond acceptors (Lipinski definition) is 3. The molecule has 0 atom stereocenters. The van der Waals surface area contributed by atoms with Crippen LogP contribution in [0.15, 0.2) is 47.8 Å². The zero-order valence-corrected chi connectivity index (χ0v) is 11.4. The van der Waals surface area contributed by atoms with Gasteiger partial charge in [0.15, 0.2) is 5.78 Å². The van der Waals surface area contributed by atoms with Crippen molar-refractivity contribution in [2.75, 3.05) is 0 Å². The molecule has 0 saturated carbocycles. The van der Waals surface area contributed by atoms with Gasteiger partial charge in [-0.15, -0.1) is 11.3 Å². The van der Waals surface area contributed by atoms with Gasteiger partial charge in [0.1, 0.15) is 0 Å². The van der Waals surface area contributed by atoms with Gasteiger partial charge in [0, 0.05) is 17.5 Å². The molecule has 3 rings (SSSR count). The molecular weight excluding hydrogens is 254 g/mol. The van der Waals surface area contributed by atoms with Crippen LogP contribution in [0.4, 0.5) is 0 Å². The average molecular weight is 267 g/mol. The standard InChI is InChI=1S/C16H13NOS/c1-11-7-8-12-4-2-5-13(16(12)17-11)10-14(18)15-6-3-9-19-15/h2-9H,10H2,1H3. The number of Topliss-reactive ketones (excluding diaryl/α,β-unsaturated/α-hetero) is 1. The van der Waals surface area contributed by atoms with Crippen molar-refractivity contribution in [1.82, 2.24) is 4.98 Å². The summed E-state index contributed by atoms with van der Waals surface area (Å²) >= 11 is 1.49. The van der Waals surface area contributed by atoms with Gasteiger partial charge in [0.25, 0.3) is 0 Å². The topological polar surface area (TPSA) is 30.0 Å². The number of pyridine rings is 1. The van der Waals surface area contributed by atoms with Crippen molar-refractivity contribution in [1.29, 1.82) is 0 Å². The van der Waals surface area contributed by atoms with E-state index in [1.807, 2.05) is 48.7 Å². The van der Waals surface area contributed by atoms with Crippen molar-refractivity contribution in [3.63, 3.8) is 0 Å². The lowest BCUT2D eigenvalue weighted by Crippen LogP contribution is -2.02. The van der Waals surface area contributed by atoms with Gasteiger partial charge in [-0.25, -0.2) is 0 Å². The molecule has 0 aliphatic rings. The fraction of sp³-hybridized carbons (Fsp3) is 0.125. The zero-order chi connectivity index (χ0) is 13.2. The maximum absolute atomic E-state index is 12.2. The molecule has 3 aromatic rings. The summed E-state index contributed by atoms with van der Waals surface area (Å²) in [4.78, 5) is 17.6. The molecule has 2 heterocycles. The summed E-state index contributed by atoms with van der Waals surface area (Å²) in [6, 6.07) is 13.8. The van der Waals surface area contributed by atoms with Gasteiger partial charge in [-0.2, -0.15) is 0 Å². The molecule has 0 amide bonds. The molecule has 0 bridgehead atoms. The van der Waals surface area contributed by atoms with Crippen LogP contribution < -0.4 is 0 Å². The predicted molar refractivity (Wildman–Crippen MR) is 78.8 cm³/mol. The Balaban J connectivity index is 2.01. The highest BCUT2D eigenvalue weighted by Crippen LogP contribution is 2.20. The van der Waals surface area contributed by atoms with E-state index < -0.39 is 0 Å². The van der Waals surface area contributed by atoms with E-state index >= 15 is 0 Å². The third-order valence-corrected chi connectivity index (χ3v) is 4.00. The van der Waals surface area contributed by atoms with E-state index in [4.69, 9.17) is 0 Å². The molecule has 0 N–H and O–H groups in total. The lowest BCUT2D eigenvalue weighted by atomic mass is 10.0. The highest BCUT2D eigenvalue weighted by atomic mass is 32.1. The minimum atomic E-state index is 0.158. The summed E-state index contributed by atoms with van der Waals surface area (Å²) in [6.07, 6.45) is 0.411. The molecule has 0 saturated heterocycles. The van der Waals surface area contributed by atoms with Gasteiger partial charge < -0.3 is 0 Å². The lowest BCUT2D eigenvalue weighted by molar-refractivity contribution is 0.0997. The number of carbonyl (C=O) groups is 1. The second kappa shape index (κ2) is 4.94. The second-order valence-electron chi connectivity index (χ2n) is 4.52. The summed E-state index contributed by atoms with van der Waals surface area (Å²) in [5.41, 5.74) is 2.91. The van der Waals surface area contributed by atoms with Crippen molar-refractivity contribution < 1.29 is 4.79 Å². The van der Waals surface area contributed by atoms with Gasteiger partial charge in [-0.3, -0.25) is 9.78 Å². The van der Waals surface area contributed by atoms with Crippen LogP contribution in [-0.2, 0) is 6.42 Å². The molecule has 94 valence electrons. The number of para-hydroxylation sites is 1. The summed E-state index contributed by atoms with van der Waals surface area (Å²) in [5, 5.41) is 3.01. The summed E-state index contributed by atoms with van der Waals surface area (Å²) in [6.45, 7) is 1.97. The van der Waals surface area contributed by atoms with Gasteiger partial charge in [0.2, 0.25) is 0 Å². The minimum absolute atomic E-state index is 0.158. The maximum Gasteiger partial charge on any atom is 0.177 e. The molecule has 2 aromatic heterocycles. The average Bonchev–Trinajstić information content (AvgIpc) is 2.93. The van der Waals surface area contributed by atoms with Gasteiger partial charge in [-0.1, -0.05) is 30.3 Å². The number of rotatable bonds is 3. The molecule has 0 aliphatic carbocycles. The smallest absolute Gasteiger partial charge is 0.177 e. The van der Waals surface area contributed by atoms with E-state index in [-0.39, 0.29) is 5.78 Å². The first kappa shape index (κ1) is 12.1. The Bertz CT molecular complexity index is 732. The first-order valence-corrected chi connectivity index (χ1v) is 7.04. The molecule has 1 aromatic carbocycles. The number of aromatic nitrogens is 1. The Morgan fingerprint density at radius 2 is 2.05 bits per heavy atom. The van der Waals surface area contributed by atoms with Crippen molar-refractivity contribution in [2.45, 2.75) is 13.3 Å². The van der Waals surface area contributed by atoms with E-state index in [0.29, 0.717) is 6.42 Å². The molecule has 0 aliphatic heterocycles. The number of thiophene rings is 1. The number of nitrogens with zero attached hydrogens (tertiary/aromatic N) is 1. The molecule has 0 spiro atoms. The summed E-state index contributed by atoms with van der Waals surface area (Å²) < 4.78 is 0. The van der Waals surface area contributed by atoms with E-state index in [9.17, 15) is 4.79 Å². The number of ketones is 1. The Morgan fingerprint density at radius 1 is 1.16 bits per heavy atom. The number of benzene rings is 1. The summed E-state index contributed by atoms with van der Waals surface area (Å²) in [5.74, 6) is 0.158. The van der Waals surface area contributed by atoms with Crippen LogP contribution in [0.25, 0.3) is 10.9 Å². The number of fused-ring (bicyclic) bond motifs is 1. The molecule has 0 fully saturated rings. The quantitative estimate of drug-likeness (QED) is 0.671. The van der Waals surface area contributed by atoms with Crippen LogP contribution in [0.2, 0.25) is 0 Å². The Kier molecular flexibility index (Phi) is 3.13. The van der Waals surface area contributed by atoms with E-state index in [1.165, 1.54) is 11.3 Å². The second-order valence-corrected chi connectivity index (χ2v) is 5.47. The van der Waals surface area contributed by atoms with Crippen molar-refractivity contribution >= 4 is 28.0 Å². The maximum atomic E-state index is 12.2. The monoisotopic (exact) mass is 267 g/mol. The number of hydrogen-bond donors (Lipinski definition) is 0. The molecule has 2 nitrogen and oxygen atoms in total. The molecular formula is C16H13NOS. The SMILES string of the molecule is Cc1ccc2cccc(CC(=O)c3cccs3)c2n1.